The van der Waals surface area contributed by atoms with E-state index >= 15 is 0 Å². The average Bonchev–Trinajstić information content (AvgIpc) is 3.32. The third kappa shape index (κ3) is 4.58. The minimum Gasteiger partial charge on any atom is -0.336 e. The third-order valence-electron chi connectivity index (χ3n) is 4.65. The number of amides is 1. The number of thiazole rings is 1. The predicted octanol–water partition coefficient (Wildman–Crippen LogP) is 4.87. The Labute approximate surface area is 172 Å². The molecule has 0 saturated carbocycles. The third-order valence-corrected chi connectivity index (χ3v) is 6.78. The van der Waals surface area contributed by atoms with Crippen LogP contribution in [0.3, 0.4) is 0 Å². The Morgan fingerprint density at radius 2 is 1.93 bits per heavy atom. The largest absolute Gasteiger partial charge is 0.336 e. The molecule has 1 saturated heterocycles. The monoisotopic (exact) mass is 417 g/mol. The van der Waals surface area contributed by atoms with Crippen molar-refractivity contribution >= 4 is 40.2 Å². The smallest absolute Gasteiger partial charge is 0.273 e. The lowest BCUT2D eigenvalue weighted by atomic mass is 10.2. The Hall–Kier alpha value is -1.73. The summed E-state index contributed by atoms with van der Waals surface area (Å²) in [6.07, 6.45) is 0.973. The first-order valence-electron chi connectivity index (χ1n) is 8.94. The van der Waals surface area contributed by atoms with Gasteiger partial charge in [-0.3, -0.25) is 9.69 Å². The number of hydrogen-bond donors (Lipinski definition) is 0. The topological polar surface area (TPSA) is 36.4 Å². The first-order chi connectivity index (χ1) is 13.2. The van der Waals surface area contributed by atoms with Crippen LogP contribution in [0.15, 0.2) is 47.2 Å². The quantitative estimate of drug-likeness (QED) is 0.607. The molecule has 1 amide bonds. The summed E-state index contributed by atoms with van der Waals surface area (Å²) in [6, 6.07) is 12.0. The molecule has 3 heterocycles. The highest BCUT2D eigenvalue weighted by Crippen LogP contribution is 2.28. The van der Waals surface area contributed by atoms with Gasteiger partial charge in [-0.1, -0.05) is 29.8 Å². The Bertz CT molecular complexity index is 892. The Morgan fingerprint density at radius 3 is 2.70 bits per heavy atom. The van der Waals surface area contributed by atoms with E-state index in [0.29, 0.717) is 5.69 Å². The van der Waals surface area contributed by atoms with Crippen molar-refractivity contribution in [3.63, 3.8) is 0 Å². The van der Waals surface area contributed by atoms with E-state index in [1.165, 1.54) is 16.9 Å². The van der Waals surface area contributed by atoms with Gasteiger partial charge in [0.05, 0.1) is 4.88 Å². The molecule has 1 aliphatic heterocycles. The van der Waals surface area contributed by atoms with Gasteiger partial charge >= 0.3 is 0 Å². The number of carbonyl (C=O) groups excluding carboxylic acids is 1. The number of nitrogens with zero attached hydrogens (tertiary/aromatic N) is 3. The number of halogens is 1. The molecule has 7 heteroatoms. The lowest BCUT2D eigenvalue weighted by Crippen LogP contribution is -2.35. The van der Waals surface area contributed by atoms with Crippen molar-refractivity contribution in [3.05, 3.63) is 63.4 Å². The second-order valence-corrected chi connectivity index (χ2v) is 8.81. The van der Waals surface area contributed by atoms with Crippen molar-refractivity contribution in [2.45, 2.75) is 13.0 Å². The summed E-state index contributed by atoms with van der Waals surface area (Å²) in [5, 5.41) is 5.60. The predicted molar refractivity (Wildman–Crippen MR) is 113 cm³/mol. The van der Waals surface area contributed by atoms with Crippen LogP contribution in [0, 0.1) is 0 Å². The van der Waals surface area contributed by atoms with Gasteiger partial charge in [-0.15, -0.1) is 22.7 Å². The first-order valence-corrected chi connectivity index (χ1v) is 11.1. The van der Waals surface area contributed by atoms with Gasteiger partial charge in [-0.2, -0.15) is 0 Å². The van der Waals surface area contributed by atoms with E-state index in [1.54, 1.807) is 11.3 Å². The number of carbonyl (C=O) groups is 1. The highest BCUT2D eigenvalue weighted by atomic mass is 35.5. The highest BCUT2D eigenvalue weighted by molar-refractivity contribution is 7.20. The fraction of sp³-hybridized carbons (Fsp3) is 0.300. The van der Waals surface area contributed by atoms with Crippen LogP contribution in [-0.4, -0.2) is 46.9 Å². The van der Waals surface area contributed by atoms with Crippen molar-refractivity contribution in [2.24, 2.45) is 0 Å². The Balaban J connectivity index is 1.37. The Kier molecular flexibility index (Phi) is 5.88. The summed E-state index contributed by atoms with van der Waals surface area (Å²) >= 11 is 9.15. The number of benzene rings is 1. The fourth-order valence-electron chi connectivity index (χ4n) is 3.23. The molecule has 1 aromatic carbocycles. The molecule has 0 spiro atoms. The molecule has 1 aliphatic rings. The molecule has 0 radical (unpaired) electrons. The van der Waals surface area contributed by atoms with E-state index in [2.05, 4.69) is 22.0 Å². The molecule has 0 atom stereocenters. The maximum atomic E-state index is 12.9. The van der Waals surface area contributed by atoms with Crippen LogP contribution in [0.5, 0.6) is 0 Å². The van der Waals surface area contributed by atoms with E-state index < -0.39 is 0 Å². The second-order valence-electron chi connectivity index (χ2n) is 6.56. The van der Waals surface area contributed by atoms with Crippen molar-refractivity contribution < 1.29 is 4.79 Å². The number of rotatable bonds is 4. The maximum absolute atomic E-state index is 12.9. The molecule has 0 N–H and O–H groups in total. The Morgan fingerprint density at radius 1 is 1.07 bits per heavy atom. The van der Waals surface area contributed by atoms with Gasteiger partial charge in [0.15, 0.2) is 0 Å². The standard InChI is InChI=1S/C20H20ClN3OS2/c21-16-6-4-15(5-7-16)13-23-8-2-9-24(11-10-23)20(25)17-14-27-19(22-17)18-3-1-12-26-18/h1,3-7,12,14H,2,8-11,13H2. The SMILES string of the molecule is O=C(c1csc(-c2cccs2)n1)N1CCCN(Cc2ccc(Cl)cc2)CC1. The summed E-state index contributed by atoms with van der Waals surface area (Å²) in [4.78, 5) is 22.9. The van der Waals surface area contributed by atoms with Gasteiger partial charge in [0, 0.05) is 43.1 Å². The summed E-state index contributed by atoms with van der Waals surface area (Å²) in [5.74, 6) is 0.0439. The molecular weight excluding hydrogens is 398 g/mol. The normalized spacial score (nSPS) is 15.7. The van der Waals surface area contributed by atoms with Crippen molar-refractivity contribution in [1.82, 2.24) is 14.8 Å². The fourth-order valence-corrected chi connectivity index (χ4v) is 4.96. The molecule has 0 aliphatic carbocycles. The lowest BCUT2D eigenvalue weighted by molar-refractivity contribution is 0.0756. The van der Waals surface area contributed by atoms with E-state index in [9.17, 15) is 4.79 Å². The minimum atomic E-state index is 0.0439. The lowest BCUT2D eigenvalue weighted by Gasteiger charge is -2.21. The van der Waals surface area contributed by atoms with Crippen molar-refractivity contribution in [2.75, 3.05) is 26.2 Å². The van der Waals surface area contributed by atoms with Gasteiger partial charge in [-0.25, -0.2) is 4.98 Å². The van der Waals surface area contributed by atoms with Gasteiger partial charge in [0.25, 0.3) is 5.91 Å². The maximum Gasteiger partial charge on any atom is 0.273 e. The van der Waals surface area contributed by atoms with E-state index in [4.69, 9.17) is 11.6 Å². The molecule has 140 valence electrons. The van der Waals surface area contributed by atoms with E-state index in [-0.39, 0.29) is 5.91 Å². The van der Waals surface area contributed by atoms with Crippen LogP contribution < -0.4 is 0 Å². The zero-order valence-electron chi connectivity index (χ0n) is 14.8. The van der Waals surface area contributed by atoms with Gasteiger partial charge in [-0.05, 0) is 35.6 Å². The van der Waals surface area contributed by atoms with Crippen LogP contribution in [-0.2, 0) is 6.54 Å². The molecule has 1 fully saturated rings. The summed E-state index contributed by atoms with van der Waals surface area (Å²) < 4.78 is 0. The van der Waals surface area contributed by atoms with Crippen LogP contribution in [0.1, 0.15) is 22.5 Å². The van der Waals surface area contributed by atoms with Crippen LogP contribution >= 0.6 is 34.3 Å². The number of aromatic nitrogens is 1. The van der Waals surface area contributed by atoms with Gasteiger partial charge in [0.2, 0.25) is 0 Å². The molecule has 4 nitrogen and oxygen atoms in total. The van der Waals surface area contributed by atoms with Crippen molar-refractivity contribution in [3.8, 4) is 9.88 Å². The van der Waals surface area contributed by atoms with Gasteiger partial charge in [0.1, 0.15) is 10.7 Å². The highest BCUT2D eigenvalue weighted by Gasteiger charge is 2.22. The zero-order valence-corrected chi connectivity index (χ0v) is 17.2. The van der Waals surface area contributed by atoms with E-state index in [0.717, 1.165) is 54.1 Å². The number of hydrogen-bond acceptors (Lipinski definition) is 5. The number of thiophene rings is 1. The first kappa shape index (κ1) is 18.6. The van der Waals surface area contributed by atoms with Gasteiger partial charge < -0.3 is 4.90 Å². The summed E-state index contributed by atoms with van der Waals surface area (Å²) in [5.41, 5.74) is 1.81. The second kappa shape index (κ2) is 8.52. The summed E-state index contributed by atoms with van der Waals surface area (Å²) in [7, 11) is 0. The molecule has 0 bridgehead atoms. The molecule has 2 aromatic heterocycles. The molecule has 4 rings (SSSR count). The van der Waals surface area contributed by atoms with Crippen LogP contribution in [0.4, 0.5) is 0 Å². The molecular formula is C20H20ClN3OS2. The molecule has 3 aromatic rings. The average molecular weight is 418 g/mol. The summed E-state index contributed by atoms with van der Waals surface area (Å²) in [6.45, 7) is 4.26. The minimum absolute atomic E-state index is 0.0439. The zero-order chi connectivity index (χ0) is 18.6. The molecule has 0 unspecified atom stereocenters. The van der Waals surface area contributed by atoms with E-state index in [1.807, 2.05) is 39.9 Å². The molecule has 27 heavy (non-hydrogen) atoms. The van der Waals surface area contributed by atoms with Crippen LogP contribution in [0.2, 0.25) is 5.02 Å². The van der Waals surface area contributed by atoms with Crippen molar-refractivity contribution in [1.29, 1.82) is 0 Å². The van der Waals surface area contributed by atoms with Crippen LogP contribution in [0.25, 0.3) is 9.88 Å².